The first kappa shape index (κ1) is 15.7. The monoisotopic (exact) mass is 262 g/mol. The first-order valence-electron chi connectivity index (χ1n) is 6.82. The highest BCUT2D eigenvalue weighted by atomic mass is 16.1. The molecule has 0 bridgehead atoms. The predicted molar refractivity (Wildman–Crippen MR) is 80.0 cm³/mol. The number of hydrogen-bond acceptors (Lipinski definition) is 2. The van der Waals surface area contributed by atoms with E-state index < -0.39 is 0 Å². The zero-order valence-electron chi connectivity index (χ0n) is 12.7. The number of nitrogens with two attached hydrogens (primary N) is 1. The van der Waals surface area contributed by atoms with Crippen molar-refractivity contribution in [1.29, 1.82) is 0 Å². The van der Waals surface area contributed by atoms with Crippen LogP contribution in [0, 0.1) is 6.92 Å². The van der Waals surface area contributed by atoms with Gasteiger partial charge in [0.25, 0.3) is 0 Å². The van der Waals surface area contributed by atoms with E-state index in [9.17, 15) is 4.79 Å². The SMILES string of the molecule is Cc1cc(C(C)(C)C)ccc1CNC(=O)CC(C)N. The Hall–Kier alpha value is -1.35. The fraction of sp³-hybridized carbons (Fsp3) is 0.562. The van der Waals surface area contributed by atoms with Crippen LogP contribution in [0.3, 0.4) is 0 Å². The maximum atomic E-state index is 11.6. The van der Waals surface area contributed by atoms with E-state index in [1.807, 2.05) is 6.92 Å². The summed E-state index contributed by atoms with van der Waals surface area (Å²) in [6.07, 6.45) is 0.374. The van der Waals surface area contributed by atoms with Gasteiger partial charge in [-0.15, -0.1) is 0 Å². The lowest BCUT2D eigenvalue weighted by molar-refractivity contribution is -0.121. The van der Waals surface area contributed by atoms with Crippen molar-refractivity contribution in [2.45, 2.75) is 59.0 Å². The second-order valence-electron chi connectivity index (χ2n) is 6.35. The normalized spacial score (nSPS) is 13.2. The van der Waals surface area contributed by atoms with Crippen molar-refractivity contribution in [1.82, 2.24) is 5.32 Å². The van der Waals surface area contributed by atoms with E-state index >= 15 is 0 Å². The second kappa shape index (κ2) is 6.20. The van der Waals surface area contributed by atoms with Crippen LogP contribution in [0.5, 0.6) is 0 Å². The Kier molecular flexibility index (Phi) is 5.12. The van der Waals surface area contributed by atoms with Crippen molar-refractivity contribution in [2.24, 2.45) is 5.73 Å². The molecule has 0 aromatic heterocycles. The van der Waals surface area contributed by atoms with Crippen LogP contribution in [0.2, 0.25) is 0 Å². The Morgan fingerprint density at radius 2 is 2.00 bits per heavy atom. The summed E-state index contributed by atoms with van der Waals surface area (Å²) >= 11 is 0. The Labute approximate surface area is 116 Å². The van der Waals surface area contributed by atoms with Crippen molar-refractivity contribution in [3.63, 3.8) is 0 Å². The van der Waals surface area contributed by atoms with Crippen LogP contribution in [0.15, 0.2) is 18.2 Å². The summed E-state index contributed by atoms with van der Waals surface area (Å²) in [7, 11) is 0. The van der Waals surface area contributed by atoms with Crippen molar-refractivity contribution in [3.05, 3.63) is 34.9 Å². The van der Waals surface area contributed by atoms with Gasteiger partial charge in [0.2, 0.25) is 5.91 Å². The maximum Gasteiger partial charge on any atom is 0.221 e. The van der Waals surface area contributed by atoms with E-state index in [2.05, 4.69) is 51.2 Å². The maximum absolute atomic E-state index is 11.6. The molecule has 0 radical (unpaired) electrons. The first-order valence-corrected chi connectivity index (χ1v) is 6.82. The van der Waals surface area contributed by atoms with Gasteiger partial charge < -0.3 is 11.1 Å². The molecule has 0 fully saturated rings. The molecule has 3 N–H and O–H groups in total. The van der Waals surface area contributed by atoms with Gasteiger partial charge in [-0.25, -0.2) is 0 Å². The predicted octanol–water partition coefficient (Wildman–Crippen LogP) is 2.65. The largest absolute Gasteiger partial charge is 0.352 e. The summed E-state index contributed by atoms with van der Waals surface area (Å²) in [5.74, 6) is 0.00861. The molecular formula is C16H26N2O. The number of amides is 1. The number of rotatable bonds is 4. The first-order chi connectivity index (χ1) is 8.70. The quantitative estimate of drug-likeness (QED) is 0.876. The molecule has 1 aromatic carbocycles. The highest BCUT2D eigenvalue weighted by Gasteiger charge is 2.14. The van der Waals surface area contributed by atoms with Gasteiger partial charge in [-0.2, -0.15) is 0 Å². The molecule has 1 rings (SSSR count). The summed E-state index contributed by atoms with van der Waals surface area (Å²) in [4.78, 5) is 11.6. The lowest BCUT2D eigenvalue weighted by Gasteiger charge is -2.20. The third-order valence-electron chi connectivity index (χ3n) is 3.19. The molecule has 0 aliphatic rings. The smallest absolute Gasteiger partial charge is 0.221 e. The zero-order chi connectivity index (χ0) is 14.6. The minimum Gasteiger partial charge on any atom is -0.352 e. The van der Waals surface area contributed by atoms with Crippen LogP contribution >= 0.6 is 0 Å². The van der Waals surface area contributed by atoms with Crippen LogP contribution in [-0.4, -0.2) is 11.9 Å². The van der Waals surface area contributed by atoms with E-state index in [0.29, 0.717) is 13.0 Å². The third-order valence-corrected chi connectivity index (χ3v) is 3.19. The van der Waals surface area contributed by atoms with Crippen molar-refractivity contribution >= 4 is 5.91 Å². The van der Waals surface area contributed by atoms with E-state index in [-0.39, 0.29) is 17.4 Å². The van der Waals surface area contributed by atoms with Gasteiger partial charge in [0.15, 0.2) is 0 Å². The minimum atomic E-state index is -0.0932. The second-order valence-corrected chi connectivity index (χ2v) is 6.35. The highest BCUT2D eigenvalue weighted by Crippen LogP contribution is 2.24. The van der Waals surface area contributed by atoms with E-state index in [1.165, 1.54) is 11.1 Å². The van der Waals surface area contributed by atoms with Gasteiger partial charge in [-0.1, -0.05) is 39.0 Å². The lowest BCUT2D eigenvalue weighted by atomic mass is 9.85. The molecule has 0 heterocycles. The molecule has 19 heavy (non-hydrogen) atoms. The van der Waals surface area contributed by atoms with E-state index in [1.54, 1.807) is 0 Å². The molecule has 0 saturated carbocycles. The molecule has 0 spiro atoms. The molecule has 106 valence electrons. The van der Waals surface area contributed by atoms with Crippen LogP contribution < -0.4 is 11.1 Å². The van der Waals surface area contributed by atoms with Gasteiger partial charge in [-0.05, 0) is 36.0 Å². The van der Waals surface area contributed by atoms with Crippen LogP contribution in [-0.2, 0) is 16.8 Å². The number of benzene rings is 1. The van der Waals surface area contributed by atoms with Gasteiger partial charge in [0, 0.05) is 19.0 Å². The molecule has 0 saturated heterocycles. The molecule has 3 heteroatoms. The molecule has 0 aliphatic heterocycles. The van der Waals surface area contributed by atoms with Gasteiger partial charge in [0.1, 0.15) is 0 Å². The van der Waals surface area contributed by atoms with Crippen LogP contribution in [0.1, 0.15) is 50.8 Å². The van der Waals surface area contributed by atoms with Crippen molar-refractivity contribution < 1.29 is 4.79 Å². The highest BCUT2D eigenvalue weighted by molar-refractivity contribution is 5.76. The van der Waals surface area contributed by atoms with Crippen LogP contribution in [0.4, 0.5) is 0 Å². The molecule has 1 unspecified atom stereocenters. The number of aryl methyl sites for hydroxylation is 1. The third kappa shape index (κ3) is 5.03. The summed E-state index contributed by atoms with van der Waals surface area (Å²) in [5.41, 5.74) is 9.44. The fourth-order valence-corrected chi connectivity index (χ4v) is 1.92. The van der Waals surface area contributed by atoms with Gasteiger partial charge in [0.05, 0.1) is 0 Å². The summed E-state index contributed by atoms with van der Waals surface area (Å²) in [6, 6.07) is 6.35. The number of nitrogens with one attached hydrogen (secondary N) is 1. The Balaban J connectivity index is 2.68. The fourth-order valence-electron chi connectivity index (χ4n) is 1.92. The molecular weight excluding hydrogens is 236 g/mol. The summed E-state index contributed by atoms with van der Waals surface area (Å²) in [5, 5.41) is 2.91. The van der Waals surface area contributed by atoms with Gasteiger partial charge >= 0.3 is 0 Å². The van der Waals surface area contributed by atoms with E-state index in [4.69, 9.17) is 5.73 Å². The molecule has 1 amide bonds. The molecule has 1 aromatic rings. The molecule has 0 aliphatic carbocycles. The average molecular weight is 262 g/mol. The Morgan fingerprint density at radius 3 is 2.47 bits per heavy atom. The van der Waals surface area contributed by atoms with Crippen LogP contribution in [0.25, 0.3) is 0 Å². The lowest BCUT2D eigenvalue weighted by Crippen LogP contribution is -2.29. The Morgan fingerprint density at radius 1 is 1.37 bits per heavy atom. The zero-order valence-corrected chi connectivity index (χ0v) is 12.7. The molecule has 3 nitrogen and oxygen atoms in total. The van der Waals surface area contributed by atoms with Crippen molar-refractivity contribution in [3.8, 4) is 0 Å². The Bertz CT molecular complexity index is 445. The average Bonchev–Trinajstić information content (AvgIpc) is 2.25. The summed E-state index contributed by atoms with van der Waals surface area (Å²) < 4.78 is 0. The minimum absolute atomic E-state index is 0.00861. The topological polar surface area (TPSA) is 55.1 Å². The molecule has 1 atom stereocenters. The number of carbonyl (C=O) groups excluding carboxylic acids is 1. The van der Waals surface area contributed by atoms with Crippen molar-refractivity contribution in [2.75, 3.05) is 0 Å². The number of carbonyl (C=O) groups is 1. The standard InChI is InChI=1S/C16H26N2O/c1-11-8-14(16(3,4)5)7-6-13(11)10-18-15(19)9-12(2)17/h6-8,12H,9-10,17H2,1-5H3,(H,18,19). The van der Waals surface area contributed by atoms with E-state index in [0.717, 1.165) is 5.56 Å². The van der Waals surface area contributed by atoms with Gasteiger partial charge in [-0.3, -0.25) is 4.79 Å². The summed E-state index contributed by atoms with van der Waals surface area (Å²) in [6.45, 7) is 11.1. The number of hydrogen-bond donors (Lipinski definition) is 2.